The van der Waals surface area contributed by atoms with Gasteiger partial charge in [0.15, 0.2) is 0 Å². The number of phosphoric ester groups is 1. The van der Waals surface area contributed by atoms with Crippen molar-refractivity contribution in [1.82, 2.24) is 5.32 Å². The Balaban J connectivity index is 5.26. The molecule has 3 atom stereocenters. The molecular weight excluding hydrogens is 1010 g/mol. The molecule has 10 heteroatoms. The lowest BCUT2D eigenvalue weighted by Crippen LogP contribution is -2.47. The van der Waals surface area contributed by atoms with Crippen LogP contribution in [-0.2, 0) is 27.9 Å². The standard InChI is InChI=1S/C70H121N2O7P/c1-7-10-13-16-19-22-25-28-30-32-33-34-35-36-37-38-39-40-42-45-48-51-54-57-60-63-70(74)79-68(61-58-55-52-49-46-43-27-24-21-18-15-12-9-3)67(66-78-80(75,76)77-65-64-72(4,5)6)71-69(73)62-59-56-53-50-47-44-41-31-29-26-23-20-17-14-11-8-2/h10-11,13-14,19-20,22-23,28-31,33-34,36-37,39-40,58,61,67-68H,7-9,12,15-18,21,24-27,32,35,38,41-57,59-60,62-66H2,1-6H3,(H-,71,73,75,76)/b13-10-,14-11+,22-19-,23-20+,30-28-,31-29+,34-33-,37-36-,40-39-,61-58-. The van der Waals surface area contributed by atoms with Gasteiger partial charge in [-0.2, -0.15) is 0 Å². The fraction of sp³-hybridized carbons (Fsp3) is 0.686. The maximum absolute atomic E-state index is 13.5. The third kappa shape index (κ3) is 59.0. The fourth-order valence-corrected chi connectivity index (χ4v) is 9.44. The lowest BCUT2D eigenvalue weighted by atomic mass is 10.0. The third-order valence-electron chi connectivity index (χ3n) is 13.6. The molecule has 1 N–H and O–H groups in total. The predicted octanol–water partition coefficient (Wildman–Crippen LogP) is 19.6. The number of quaternary nitrogens is 1. The first-order chi connectivity index (χ1) is 38.9. The first-order valence-electron chi connectivity index (χ1n) is 32.3. The monoisotopic (exact) mass is 1130 g/mol. The van der Waals surface area contributed by atoms with E-state index in [-0.39, 0.29) is 24.9 Å². The Labute approximate surface area is 493 Å². The molecule has 0 radical (unpaired) electrons. The van der Waals surface area contributed by atoms with E-state index in [0.717, 1.165) is 161 Å². The quantitative estimate of drug-likeness (QED) is 0.0212. The molecule has 3 unspecified atom stereocenters. The number of allylic oxidation sites excluding steroid dienone is 19. The second-order valence-electron chi connectivity index (χ2n) is 22.5. The molecule has 0 heterocycles. The molecule has 0 spiro atoms. The van der Waals surface area contributed by atoms with Crippen molar-refractivity contribution < 1.29 is 37.3 Å². The number of likely N-dealkylation sites (N-methyl/N-ethyl adjacent to an activating group) is 1. The number of phosphoric acid groups is 1. The zero-order valence-corrected chi connectivity index (χ0v) is 53.1. The van der Waals surface area contributed by atoms with Crippen LogP contribution < -0.4 is 10.2 Å². The normalized spacial score (nSPS) is 14.4. The molecule has 9 nitrogen and oxygen atoms in total. The summed E-state index contributed by atoms with van der Waals surface area (Å²) in [5.74, 6) is -0.579. The number of rotatable bonds is 57. The summed E-state index contributed by atoms with van der Waals surface area (Å²) < 4.78 is 30.3. The highest BCUT2D eigenvalue weighted by atomic mass is 31.2. The van der Waals surface area contributed by atoms with Crippen molar-refractivity contribution in [2.45, 2.75) is 270 Å². The number of ether oxygens (including phenoxy) is 1. The molecule has 458 valence electrons. The first kappa shape index (κ1) is 76.4. The van der Waals surface area contributed by atoms with E-state index in [1.54, 1.807) is 0 Å². The SMILES string of the molecule is CC/C=C\C/C=C\C/C=C\C/C=C\C/C=C\C/C=C\CCCCCCCCC(=O)OC(/C=C\CCCCCCCCCCCCC)C(COP(=O)([O-])OCC[N+](C)(C)C)NC(=O)CCCCCCCC/C=C/C/C=C/C/C=C/CC. The van der Waals surface area contributed by atoms with Crippen molar-refractivity contribution in [3.63, 3.8) is 0 Å². The van der Waals surface area contributed by atoms with E-state index in [4.69, 9.17) is 13.8 Å². The van der Waals surface area contributed by atoms with Crippen molar-refractivity contribution in [3.05, 3.63) is 122 Å². The Morgan fingerprint density at radius 3 is 1.20 bits per heavy atom. The Morgan fingerprint density at radius 1 is 0.450 bits per heavy atom. The first-order valence-corrected chi connectivity index (χ1v) is 33.8. The third-order valence-corrected chi connectivity index (χ3v) is 14.6. The summed E-state index contributed by atoms with van der Waals surface area (Å²) >= 11 is 0. The Hall–Kier alpha value is -3.59. The predicted molar refractivity (Wildman–Crippen MR) is 343 cm³/mol. The average Bonchev–Trinajstić information content (AvgIpc) is 3.42. The van der Waals surface area contributed by atoms with E-state index in [9.17, 15) is 19.0 Å². The molecule has 0 aromatic rings. The topological polar surface area (TPSA) is 114 Å². The van der Waals surface area contributed by atoms with Crippen LogP contribution in [0.2, 0.25) is 0 Å². The second kappa shape index (κ2) is 58.6. The number of carbonyl (C=O) groups is 2. The van der Waals surface area contributed by atoms with Gasteiger partial charge in [0.05, 0.1) is 33.8 Å². The van der Waals surface area contributed by atoms with Gasteiger partial charge in [-0.3, -0.25) is 14.2 Å². The molecule has 80 heavy (non-hydrogen) atoms. The summed E-state index contributed by atoms with van der Waals surface area (Å²) in [6.07, 6.45) is 81.6. The summed E-state index contributed by atoms with van der Waals surface area (Å²) in [6, 6.07) is -0.910. The highest BCUT2D eigenvalue weighted by Gasteiger charge is 2.27. The van der Waals surface area contributed by atoms with Crippen LogP contribution in [0.15, 0.2) is 122 Å². The molecule has 0 saturated carbocycles. The largest absolute Gasteiger partial charge is 0.756 e. The molecule has 0 fully saturated rings. The van der Waals surface area contributed by atoms with E-state index in [1.165, 1.54) is 57.8 Å². The Bertz CT molecular complexity index is 1780. The Kier molecular flexibility index (Phi) is 56.0. The van der Waals surface area contributed by atoms with Crippen molar-refractivity contribution >= 4 is 19.7 Å². The highest BCUT2D eigenvalue weighted by molar-refractivity contribution is 7.45. The van der Waals surface area contributed by atoms with Gasteiger partial charge in [-0.25, -0.2) is 0 Å². The minimum Gasteiger partial charge on any atom is -0.756 e. The van der Waals surface area contributed by atoms with Crippen LogP contribution in [0, 0.1) is 0 Å². The van der Waals surface area contributed by atoms with Gasteiger partial charge >= 0.3 is 5.97 Å². The number of esters is 1. The van der Waals surface area contributed by atoms with E-state index >= 15 is 0 Å². The van der Waals surface area contributed by atoms with Crippen molar-refractivity contribution in [2.24, 2.45) is 0 Å². The number of hydrogen-bond acceptors (Lipinski definition) is 7. The number of nitrogens with zero attached hydrogens (tertiary/aromatic N) is 1. The van der Waals surface area contributed by atoms with Crippen LogP contribution >= 0.6 is 7.82 Å². The smallest absolute Gasteiger partial charge is 0.306 e. The number of carbonyl (C=O) groups excluding carboxylic acids is 2. The molecule has 0 aromatic heterocycles. The van der Waals surface area contributed by atoms with E-state index < -0.39 is 26.6 Å². The van der Waals surface area contributed by atoms with Gasteiger partial charge < -0.3 is 28.5 Å². The molecule has 1 amide bonds. The maximum Gasteiger partial charge on any atom is 0.306 e. The molecule has 0 aliphatic carbocycles. The highest BCUT2D eigenvalue weighted by Crippen LogP contribution is 2.38. The van der Waals surface area contributed by atoms with Gasteiger partial charge in [0.25, 0.3) is 7.82 Å². The van der Waals surface area contributed by atoms with Crippen LogP contribution in [0.25, 0.3) is 0 Å². The lowest BCUT2D eigenvalue weighted by molar-refractivity contribution is -0.870. The van der Waals surface area contributed by atoms with Gasteiger partial charge in [-0.1, -0.05) is 252 Å². The van der Waals surface area contributed by atoms with Crippen LogP contribution in [0.1, 0.15) is 258 Å². The summed E-state index contributed by atoms with van der Waals surface area (Å²) in [7, 11) is 1.15. The second-order valence-corrected chi connectivity index (χ2v) is 23.9. The number of amides is 1. The van der Waals surface area contributed by atoms with Crippen LogP contribution in [-0.4, -0.2) is 69.4 Å². The van der Waals surface area contributed by atoms with Gasteiger partial charge in [0.1, 0.15) is 19.3 Å². The van der Waals surface area contributed by atoms with E-state index in [1.807, 2.05) is 33.3 Å². The zero-order chi connectivity index (χ0) is 58.6. The summed E-state index contributed by atoms with van der Waals surface area (Å²) in [6.45, 7) is 6.59. The molecule has 0 aromatic carbocycles. The molecular formula is C70H121N2O7P. The number of hydrogen-bond donors (Lipinski definition) is 1. The zero-order valence-electron chi connectivity index (χ0n) is 52.2. The average molecular weight is 1130 g/mol. The lowest BCUT2D eigenvalue weighted by Gasteiger charge is -2.30. The van der Waals surface area contributed by atoms with Gasteiger partial charge in [-0.15, -0.1) is 0 Å². The molecule has 0 aliphatic heterocycles. The van der Waals surface area contributed by atoms with Crippen molar-refractivity contribution in [3.8, 4) is 0 Å². The Morgan fingerprint density at radius 2 is 0.800 bits per heavy atom. The van der Waals surface area contributed by atoms with E-state index in [2.05, 4.69) is 135 Å². The minimum atomic E-state index is -4.72. The van der Waals surface area contributed by atoms with Crippen LogP contribution in [0.3, 0.4) is 0 Å². The number of unbranched alkanes of at least 4 members (excludes halogenated alkanes) is 23. The molecule has 0 rings (SSSR count). The van der Waals surface area contributed by atoms with Crippen LogP contribution in [0.4, 0.5) is 0 Å². The summed E-state index contributed by atoms with van der Waals surface area (Å²) in [5, 5.41) is 3.02. The van der Waals surface area contributed by atoms with Gasteiger partial charge in [0, 0.05) is 12.8 Å². The van der Waals surface area contributed by atoms with E-state index in [0.29, 0.717) is 23.9 Å². The molecule has 0 bridgehead atoms. The fourth-order valence-electron chi connectivity index (χ4n) is 8.72. The maximum atomic E-state index is 13.5. The van der Waals surface area contributed by atoms with Crippen LogP contribution in [0.5, 0.6) is 0 Å². The van der Waals surface area contributed by atoms with Gasteiger partial charge in [0.2, 0.25) is 5.91 Å². The summed E-state index contributed by atoms with van der Waals surface area (Å²) in [5.41, 5.74) is 0. The molecule has 0 saturated heterocycles. The molecule has 0 aliphatic rings. The number of nitrogens with one attached hydrogen (secondary N) is 1. The van der Waals surface area contributed by atoms with Gasteiger partial charge in [-0.05, 0) is 115 Å². The summed E-state index contributed by atoms with van der Waals surface area (Å²) in [4.78, 5) is 40.1. The minimum absolute atomic E-state index is 0.0339. The van der Waals surface area contributed by atoms with Crippen molar-refractivity contribution in [2.75, 3.05) is 40.9 Å². The van der Waals surface area contributed by atoms with Crippen molar-refractivity contribution in [1.29, 1.82) is 0 Å².